The number of phenols is 3. The zero-order valence-corrected chi connectivity index (χ0v) is 15.4. The average molecular weight is 370 g/mol. The lowest BCUT2D eigenvalue weighted by Gasteiger charge is -2.29. The van der Waals surface area contributed by atoms with Gasteiger partial charge in [0.05, 0.1) is 13.5 Å². The Morgan fingerprint density at radius 1 is 1.19 bits per heavy atom. The van der Waals surface area contributed by atoms with E-state index < -0.39 is 6.10 Å². The highest BCUT2D eigenvalue weighted by Gasteiger charge is 2.33. The Hall–Kier alpha value is -3.15. The van der Waals surface area contributed by atoms with Crippen LogP contribution >= 0.6 is 0 Å². The summed E-state index contributed by atoms with van der Waals surface area (Å²) in [5, 5.41) is 29.6. The van der Waals surface area contributed by atoms with Crippen molar-refractivity contribution in [1.82, 2.24) is 0 Å². The molecule has 0 saturated heterocycles. The average Bonchev–Trinajstić information content (AvgIpc) is 2.62. The maximum Gasteiger partial charge on any atom is 0.174 e. The van der Waals surface area contributed by atoms with E-state index in [9.17, 15) is 20.1 Å². The number of hydrogen-bond donors (Lipinski definition) is 3. The van der Waals surface area contributed by atoms with Crippen LogP contribution in [0.5, 0.6) is 28.7 Å². The molecule has 0 unspecified atom stereocenters. The number of Topliss-reactive ketones (excluding diaryl/α,β-unsaturated/α-hetero) is 1. The van der Waals surface area contributed by atoms with Crippen molar-refractivity contribution < 1.29 is 29.6 Å². The summed E-state index contributed by atoms with van der Waals surface area (Å²) in [5.74, 6) is -0.242. The van der Waals surface area contributed by atoms with Gasteiger partial charge in [0.25, 0.3) is 0 Å². The van der Waals surface area contributed by atoms with Crippen LogP contribution in [0.15, 0.2) is 35.9 Å². The molecule has 2 aromatic carbocycles. The number of allylic oxidation sites excluding steroid dienone is 2. The molecule has 0 amide bonds. The Morgan fingerprint density at radius 2 is 1.93 bits per heavy atom. The monoisotopic (exact) mass is 370 g/mol. The Bertz CT molecular complexity index is 925. The van der Waals surface area contributed by atoms with Crippen LogP contribution in [0.1, 0.15) is 47.9 Å². The van der Waals surface area contributed by atoms with Gasteiger partial charge in [-0.1, -0.05) is 17.7 Å². The van der Waals surface area contributed by atoms with Gasteiger partial charge in [-0.3, -0.25) is 4.79 Å². The van der Waals surface area contributed by atoms with Gasteiger partial charge >= 0.3 is 0 Å². The number of methoxy groups -OCH3 is 1. The van der Waals surface area contributed by atoms with Crippen molar-refractivity contribution in [2.45, 2.75) is 32.8 Å². The van der Waals surface area contributed by atoms with Crippen molar-refractivity contribution in [2.24, 2.45) is 0 Å². The van der Waals surface area contributed by atoms with E-state index in [-0.39, 0.29) is 40.8 Å². The smallest absolute Gasteiger partial charge is 0.174 e. The van der Waals surface area contributed by atoms with E-state index >= 15 is 0 Å². The lowest BCUT2D eigenvalue weighted by molar-refractivity contribution is 0.0842. The molecule has 2 aromatic rings. The molecule has 0 aromatic heterocycles. The van der Waals surface area contributed by atoms with E-state index in [1.807, 2.05) is 19.9 Å². The number of benzene rings is 2. The van der Waals surface area contributed by atoms with Crippen LogP contribution in [0.2, 0.25) is 0 Å². The standard InChI is InChI=1S/C21H22O6/c1-11(2)4-6-13-19(26-3)10-17(25)20-16(24)9-18(27-21(13)20)12-5-7-14(22)15(23)8-12/h4-5,7-8,10,18,22-23,25H,6,9H2,1-3H3/t18-/m0/s1. The van der Waals surface area contributed by atoms with E-state index in [2.05, 4.69) is 0 Å². The Kier molecular flexibility index (Phi) is 4.99. The van der Waals surface area contributed by atoms with Gasteiger partial charge in [-0.2, -0.15) is 0 Å². The number of ketones is 1. The van der Waals surface area contributed by atoms with Crippen LogP contribution in [0.3, 0.4) is 0 Å². The van der Waals surface area contributed by atoms with Crippen molar-refractivity contribution in [2.75, 3.05) is 7.11 Å². The number of phenolic OH excluding ortho intramolecular Hbond substituents is 3. The SMILES string of the molecule is COc1cc(O)c2c(c1CC=C(C)C)O[C@H](c1ccc(O)c(O)c1)CC2=O. The molecule has 0 fully saturated rings. The summed E-state index contributed by atoms with van der Waals surface area (Å²) in [6.07, 6.45) is 1.83. The summed E-state index contributed by atoms with van der Waals surface area (Å²) < 4.78 is 11.5. The summed E-state index contributed by atoms with van der Waals surface area (Å²) in [6.45, 7) is 3.93. The molecule has 27 heavy (non-hydrogen) atoms. The third-order valence-corrected chi connectivity index (χ3v) is 4.54. The molecule has 0 saturated carbocycles. The van der Waals surface area contributed by atoms with Gasteiger partial charge in [-0.15, -0.1) is 0 Å². The van der Waals surface area contributed by atoms with Crippen molar-refractivity contribution in [3.63, 3.8) is 0 Å². The third-order valence-electron chi connectivity index (χ3n) is 4.54. The second-order valence-corrected chi connectivity index (χ2v) is 6.75. The summed E-state index contributed by atoms with van der Waals surface area (Å²) in [7, 11) is 1.49. The van der Waals surface area contributed by atoms with Gasteiger partial charge in [0.1, 0.15) is 28.9 Å². The summed E-state index contributed by atoms with van der Waals surface area (Å²) in [6, 6.07) is 5.74. The van der Waals surface area contributed by atoms with Crippen molar-refractivity contribution in [3.05, 3.63) is 52.6 Å². The minimum atomic E-state index is -0.645. The fourth-order valence-corrected chi connectivity index (χ4v) is 3.12. The van der Waals surface area contributed by atoms with Crippen LogP contribution < -0.4 is 9.47 Å². The zero-order valence-electron chi connectivity index (χ0n) is 15.4. The second kappa shape index (κ2) is 7.23. The molecule has 0 aliphatic carbocycles. The highest BCUT2D eigenvalue weighted by Crippen LogP contribution is 2.46. The number of rotatable bonds is 4. The van der Waals surface area contributed by atoms with Gasteiger partial charge in [-0.05, 0) is 38.0 Å². The summed E-state index contributed by atoms with van der Waals surface area (Å²) >= 11 is 0. The van der Waals surface area contributed by atoms with E-state index in [0.29, 0.717) is 23.3 Å². The fourth-order valence-electron chi connectivity index (χ4n) is 3.12. The number of carbonyl (C=O) groups is 1. The quantitative estimate of drug-likeness (QED) is 0.555. The molecule has 3 N–H and O–H groups in total. The second-order valence-electron chi connectivity index (χ2n) is 6.75. The lowest BCUT2D eigenvalue weighted by Crippen LogP contribution is -2.22. The van der Waals surface area contributed by atoms with E-state index in [1.54, 1.807) is 6.07 Å². The van der Waals surface area contributed by atoms with Crippen LogP contribution in [0.4, 0.5) is 0 Å². The highest BCUT2D eigenvalue weighted by atomic mass is 16.5. The number of ether oxygens (including phenoxy) is 2. The zero-order chi connectivity index (χ0) is 19.7. The number of fused-ring (bicyclic) bond motifs is 1. The first-order chi connectivity index (χ1) is 12.8. The van der Waals surface area contributed by atoms with Gasteiger partial charge in [0.15, 0.2) is 17.3 Å². The molecule has 0 spiro atoms. The molecule has 0 bridgehead atoms. The molecular formula is C21H22O6. The first-order valence-corrected chi connectivity index (χ1v) is 8.59. The predicted molar refractivity (Wildman–Crippen MR) is 99.9 cm³/mol. The number of carbonyl (C=O) groups excluding carboxylic acids is 1. The first-order valence-electron chi connectivity index (χ1n) is 8.59. The molecule has 1 heterocycles. The normalized spacial score (nSPS) is 15.7. The Balaban J connectivity index is 2.11. The fraction of sp³-hybridized carbons (Fsp3) is 0.286. The van der Waals surface area contributed by atoms with Crippen LogP contribution in [0.25, 0.3) is 0 Å². The Morgan fingerprint density at radius 3 is 2.56 bits per heavy atom. The maximum absolute atomic E-state index is 12.7. The summed E-state index contributed by atoms with van der Waals surface area (Å²) in [4.78, 5) is 12.7. The molecular weight excluding hydrogens is 348 g/mol. The van der Waals surface area contributed by atoms with Crippen LogP contribution in [-0.4, -0.2) is 28.2 Å². The minimum Gasteiger partial charge on any atom is -0.507 e. The first kappa shape index (κ1) is 18.6. The molecule has 1 aliphatic rings. The minimum absolute atomic E-state index is 0.0131. The van der Waals surface area contributed by atoms with Gasteiger partial charge in [0, 0.05) is 11.6 Å². The molecule has 6 heteroatoms. The number of aromatic hydroxyl groups is 3. The van der Waals surface area contributed by atoms with Crippen molar-refractivity contribution in [1.29, 1.82) is 0 Å². The van der Waals surface area contributed by atoms with E-state index in [0.717, 1.165) is 5.57 Å². The topological polar surface area (TPSA) is 96.2 Å². The largest absolute Gasteiger partial charge is 0.507 e. The van der Waals surface area contributed by atoms with E-state index in [1.165, 1.54) is 25.3 Å². The highest BCUT2D eigenvalue weighted by molar-refractivity contribution is 6.03. The van der Waals surface area contributed by atoms with Crippen molar-refractivity contribution >= 4 is 5.78 Å². The van der Waals surface area contributed by atoms with E-state index in [4.69, 9.17) is 9.47 Å². The third kappa shape index (κ3) is 3.56. The number of hydrogen-bond acceptors (Lipinski definition) is 6. The maximum atomic E-state index is 12.7. The lowest BCUT2D eigenvalue weighted by atomic mass is 9.92. The molecule has 3 rings (SSSR count). The molecule has 0 radical (unpaired) electrons. The molecule has 1 atom stereocenters. The van der Waals surface area contributed by atoms with Gasteiger partial charge in [0.2, 0.25) is 0 Å². The molecule has 142 valence electrons. The van der Waals surface area contributed by atoms with Crippen LogP contribution in [-0.2, 0) is 6.42 Å². The van der Waals surface area contributed by atoms with Crippen molar-refractivity contribution in [3.8, 4) is 28.7 Å². The molecule has 6 nitrogen and oxygen atoms in total. The Labute approximate surface area is 157 Å². The van der Waals surface area contributed by atoms with Gasteiger partial charge in [-0.25, -0.2) is 0 Å². The predicted octanol–water partition coefficient (Wildman–Crippen LogP) is 4.03. The van der Waals surface area contributed by atoms with Crippen LogP contribution in [0, 0.1) is 0 Å². The molecule has 1 aliphatic heterocycles. The summed E-state index contributed by atoms with van der Waals surface area (Å²) in [5.41, 5.74) is 2.47. The van der Waals surface area contributed by atoms with Gasteiger partial charge < -0.3 is 24.8 Å².